The first-order valence-electron chi connectivity index (χ1n) is 10.1. The molecular formula is C23H25N4O3+. The zero-order valence-corrected chi connectivity index (χ0v) is 17.0. The lowest BCUT2D eigenvalue weighted by atomic mass is 10.2. The van der Waals surface area contributed by atoms with Crippen LogP contribution >= 0.6 is 0 Å². The second-order valence-corrected chi connectivity index (χ2v) is 7.35. The van der Waals surface area contributed by atoms with Crippen molar-refractivity contribution in [3.05, 3.63) is 88.3 Å². The topological polar surface area (TPSA) is 68.9 Å². The molecule has 1 aromatic heterocycles. The van der Waals surface area contributed by atoms with E-state index in [2.05, 4.69) is 17.2 Å². The quantitative estimate of drug-likeness (QED) is 0.681. The molecule has 3 aromatic rings. The van der Waals surface area contributed by atoms with Crippen LogP contribution in [0.3, 0.4) is 0 Å². The summed E-state index contributed by atoms with van der Waals surface area (Å²) in [4.78, 5) is 28.9. The number of benzene rings is 2. The second kappa shape index (κ2) is 8.92. The number of quaternary nitrogens is 1. The van der Waals surface area contributed by atoms with Crippen LogP contribution in [0.15, 0.2) is 71.5 Å². The molecule has 1 fully saturated rings. The van der Waals surface area contributed by atoms with Crippen molar-refractivity contribution in [1.29, 1.82) is 0 Å². The summed E-state index contributed by atoms with van der Waals surface area (Å²) < 4.78 is 6.54. The summed E-state index contributed by atoms with van der Waals surface area (Å²) in [6.07, 6.45) is 0. The zero-order valence-electron chi connectivity index (χ0n) is 17.0. The molecule has 0 unspecified atom stereocenters. The number of carbonyl (C=O) groups is 1. The molecule has 4 rings (SSSR count). The summed E-state index contributed by atoms with van der Waals surface area (Å²) in [5.74, 6) is -0.00784. The fraction of sp³-hybridized carbons (Fsp3) is 0.261. The maximum Gasteiger partial charge on any atom is 0.278 e. The van der Waals surface area contributed by atoms with Crippen LogP contribution in [-0.4, -0.2) is 53.9 Å². The van der Waals surface area contributed by atoms with Gasteiger partial charge in [-0.3, -0.25) is 9.59 Å². The van der Waals surface area contributed by atoms with E-state index in [-0.39, 0.29) is 22.9 Å². The highest BCUT2D eigenvalue weighted by molar-refractivity contribution is 5.94. The Morgan fingerprint density at radius 3 is 2.30 bits per heavy atom. The smallest absolute Gasteiger partial charge is 0.278 e. The first-order chi connectivity index (χ1) is 14.7. The SMILES string of the molecule is COc1cc(=O)n(-c2ccccc2)nc1C(=O)N1CC[NH+](Cc2ccccc2)CC1. The number of para-hydroxylation sites is 1. The van der Waals surface area contributed by atoms with E-state index in [9.17, 15) is 9.59 Å². The molecule has 1 amide bonds. The monoisotopic (exact) mass is 405 g/mol. The van der Waals surface area contributed by atoms with E-state index >= 15 is 0 Å². The average molecular weight is 405 g/mol. The Bertz CT molecular complexity index is 1060. The molecule has 1 aliphatic rings. The summed E-state index contributed by atoms with van der Waals surface area (Å²) in [5.41, 5.74) is 1.72. The van der Waals surface area contributed by atoms with Gasteiger partial charge in [0.25, 0.3) is 11.5 Å². The van der Waals surface area contributed by atoms with Crippen LogP contribution in [0.25, 0.3) is 5.69 Å². The van der Waals surface area contributed by atoms with Crippen LogP contribution in [0.5, 0.6) is 5.75 Å². The summed E-state index contributed by atoms with van der Waals surface area (Å²) in [7, 11) is 1.45. The molecule has 2 aromatic carbocycles. The summed E-state index contributed by atoms with van der Waals surface area (Å²) in [6.45, 7) is 3.94. The minimum atomic E-state index is -0.341. The van der Waals surface area contributed by atoms with Crippen LogP contribution in [-0.2, 0) is 6.54 Å². The molecule has 0 bridgehead atoms. The van der Waals surface area contributed by atoms with E-state index in [1.165, 1.54) is 28.3 Å². The molecular weight excluding hydrogens is 380 g/mol. The van der Waals surface area contributed by atoms with Crippen LogP contribution in [0, 0.1) is 0 Å². The molecule has 0 radical (unpaired) electrons. The highest BCUT2D eigenvalue weighted by Crippen LogP contribution is 2.16. The van der Waals surface area contributed by atoms with Gasteiger partial charge in [0.2, 0.25) is 0 Å². The highest BCUT2D eigenvalue weighted by atomic mass is 16.5. The third-order valence-corrected chi connectivity index (χ3v) is 5.37. The zero-order chi connectivity index (χ0) is 20.9. The van der Waals surface area contributed by atoms with Gasteiger partial charge in [0, 0.05) is 5.56 Å². The van der Waals surface area contributed by atoms with Crippen molar-refractivity contribution in [2.45, 2.75) is 6.54 Å². The molecule has 0 spiro atoms. The molecule has 1 saturated heterocycles. The van der Waals surface area contributed by atoms with Crippen LogP contribution < -0.4 is 15.2 Å². The minimum Gasteiger partial charge on any atom is -0.494 e. The molecule has 1 aliphatic heterocycles. The summed E-state index contributed by atoms with van der Waals surface area (Å²) >= 11 is 0. The predicted molar refractivity (Wildman–Crippen MR) is 113 cm³/mol. The van der Waals surface area contributed by atoms with Gasteiger partial charge in [-0.25, -0.2) is 0 Å². The number of ether oxygens (including phenoxy) is 1. The normalized spacial score (nSPS) is 14.5. The van der Waals surface area contributed by atoms with E-state index in [4.69, 9.17) is 4.74 Å². The van der Waals surface area contributed by atoms with Gasteiger partial charge in [0.1, 0.15) is 6.54 Å². The van der Waals surface area contributed by atoms with E-state index < -0.39 is 0 Å². The van der Waals surface area contributed by atoms with E-state index in [1.807, 2.05) is 36.4 Å². The van der Waals surface area contributed by atoms with Crippen molar-refractivity contribution >= 4 is 5.91 Å². The molecule has 7 heteroatoms. The van der Waals surface area contributed by atoms with E-state index in [0.717, 1.165) is 19.6 Å². The van der Waals surface area contributed by atoms with Gasteiger partial charge in [0.05, 0.1) is 45.0 Å². The van der Waals surface area contributed by atoms with Gasteiger partial charge >= 0.3 is 0 Å². The van der Waals surface area contributed by atoms with Crippen molar-refractivity contribution in [2.75, 3.05) is 33.3 Å². The molecule has 7 nitrogen and oxygen atoms in total. The number of rotatable bonds is 5. The Hall–Kier alpha value is -3.45. The third kappa shape index (κ3) is 4.26. The number of amides is 1. The lowest BCUT2D eigenvalue weighted by Gasteiger charge is -2.32. The molecule has 0 saturated carbocycles. The van der Waals surface area contributed by atoms with Crippen LogP contribution in [0.2, 0.25) is 0 Å². The average Bonchev–Trinajstić information content (AvgIpc) is 2.80. The molecule has 2 heterocycles. The van der Waals surface area contributed by atoms with Crippen molar-refractivity contribution in [3.8, 4) is 11.4 Å². The first-order valence-corrected chi connectivity index (χ1v) is 10.1. The maximum absolute atomic E-state index is 13.2. The van der Waals surface area contributed by atoms with Crippen LogP contribution in [0.4, 0.5) is 0 Å². The van der Waals surface area contributed by atoms with Crippen molar-refractivity contribution in [2.24, 2.45) is 0 Å². The highest BCUT2D eigenvalue weighted by Gasteiger charge is 2.28. The number of aromatic nitrogens is 2. The second-order valence-electron chi connectivity index (χ2n) is 7.35. The molecule has 30 heavy (non-hydrogen) atoms. The fourth-order valence-electron chi connectivity index (χ4n) is 3.74. The first kappa shape index (κ1) is 19.8. The molecule has 154 valence electrons. The molecule has 0 aliphatic carbocycles. The Balaban J connectivity index is 1.51. The van der Waals surface area contributed by atoms with Gasteiger partial charge in [-0.15, -0.1) is 0 Å². The number of carbonyl (C=O) groups excluding carboxylic acids is 1. The standard InChI is InChI=1S/C23H24N4O3/c1-30-20-16-21(28)27(19-10-6-3-7-11-19)24-22(20)23(29)26-14-12-25(13-15-26)17-18-8-4-2-5-9-18/h2-11,16H,12-15,17H2,1H3/p+1. The lowest BCUT2D eigenvalue weighted by molar-refractivity contribution is -0.917. The minimum absolute atomic E-state index is 0.160. The Labute approximate surface area is 175 Å². The van der Waals surface area contributed by atoms with Crippen molar-refractivity contribution in [1.82, 2.24) is 14.7 Å². The van der Waals surface area contributed by atoms with E-state index in [0.29, 0.717) is 18.8 Å². The largest absolute Gasteiger partial charge is 0.494 e. The van der Waals surface area contributed by atoms with Gasteiger partial charge in [-0.05, 0) is 12.1 Å². The Kier molecular flexibility index (Phi) is 5.90. The number of hydrogen-bond acceptors (Lipinski definition) is 4. The van der Waals surface area contributed by atoms with Crippen LogP contribution in [0.1, 0.15) is 16.1 Å². The summed E-state index contributed by atoms with van der Waals surface area (Å²) in [6, 6.07) is 20.8. The summed E-state index contributed by atoms with van der Waals surface area (Å²) in [5, 5.41) is 4.36. The molecule has 0 atom stereocenters. The number of piperazine rings is 1. The van der Waals surface area contributed by atoms with E-state index in [1.54, 1.807) is 17.0 Å². The maximum atomic E-state index is 13.2. The number of methoxy groups -OCH3 is 1. The van der Waals surface area contributed by atoms with Crippen molar-refractivity contribution in [3.63, 3.8) is 0 Å². The predicted octanol–water partition coefficient (Wildman–Crippen LogP) is 0.782. The fourth-order valence-corrected chi connectivity index (χ4v) is 3.74. The number of nitrogens with zero attached hydrogens (tertiary/aromatic N) is 3. The molecule has 1 N–H and O–H groups in total. The van der Waals surface area contributed by atoms with Crippen molar-refractivity contribution < 1.29 is 14.4 Å². The van der Waals surface area contributed by atoms with Gasteiger partial charge in [-0.1, -0.05) is 48.5 Å². The van der Waals surface area contributed by atoms with Gasteiger partial charge < -0.3 is 14.5 Å². The number of nitrogens with one attached hydrogen (secondary N) is 1. The lowest BCUT2D eigenvalue weighted by Crippen LogP contribution is -3.13. The van der Waals surface area contributed by atoms with Gasteiger partial charge in [-0.2, -0.15) is 9.78 Å². The Morgan fingerprint density at radius 1 is 1.03 bits per heavy atom. The number of hydrogen-bond donors (Lipinski definition) is 1. The Morgan fingerprint density at radius 2 is 1.67 bits per heavy atom. The van der Waals surface area contributed by atoms with Gasteiger partial charge in [0.15, 0.2) is 11.4 Å². The third-order valence-electron chi connectivity index (χ3n) is 5.37.